The van der Waals surface area contributed by atoms with Gasteiger partial charge in [-0.3, -0.25) is 4.79 Å². The number of hydrogen-bond donors (Lipinski definition) is 1. The molecule has 0 unspecified atom stereocenters. The van der Waals surface area contributed by atoms with Crippen LogP contribution in [0.4, 0.5) is 4.39 Å². The first-order chi connectivity index (χ1) is 11.7. The summed E-state index contributed by atoms with van der Waals surface area (Å²) in [5.41, 5.74) is 2.68. The van der Waals surface area contributed by atoms with Crippen LogP contribution in [0.3, 0.4) is 0 Å². The van der Waals surface area contributed by atoms with Gasteiger partial charge in [0.1, 0.15) is 11.5 Å². The van der Waals surface area contributed by atoms with E-state index in [1.54, 1.807) is 27.8 Å². The van der Waals surface area contributed by atoms with Gasteiger partial charge in [-0.15, -0.1) is 0 Å². The van der Waals surface area contributed by atoms with E-state index in [1.807, 2.05) is 0 Å². The van der Waals surface area contributed by atoms with Crippen molar-refractivity contribution in [3.8, 4) is 5.69 Å². The molecule has 5 nitrogen and oxygen atoms in total. The molecule has 1 amide bonds. The number of amides is 1. The fraction of sp³-hybridized carbons (Fsp3) is 0.444. The maximum absolute atomic E-state index is 14.2. The molecule has 2 aromatic rings. The molecule has 4 rings (SSSR count). The van der Waals surface area contributed by atoms with Crippen LogP contribution in [0.5, 0.6) is 0 Å². The smallest absolute Gasteiger partial charge is 0.274 e. The SMILES string of the molecule is O=C(c1nn(-c2ccccc2F)c2c1CCC2)N1CCC[C@@H]1CO. The third-order valence-electron chi connectivity index (χ3n) is 5.06. The lowest BCUT2D eigenvalue weighted by Gasteiger charge is -2.22. The van der Waals surface area contributed by atoms with Crippen LogP contribution < -0.4 is 0 Å². The highest BCUT2D eigenvalue weighted by atomic mass is 19.1. The van der Waals surface area contributed by atoms with E-state index in [4.69, 9.17) is 0 Å². The molecule has 0 bridgehead atoms. The highest BCUT2D eigenvalue weighted by molar-refractivity contribution is 5.94. The average molecular weight is 329 g/mol. The molecule has 0 radical (unpaired) electrons. The van der Waals surface area contributed by atoms with Crippen molar-refractivity contribution in [2.75, 3.05) is 13.2 Å². The molecule has 0 spiro atoms. The predicted molar refractivity (Wildman–Crippen MR) is 86.7 cm³/mol. The minimum atomic E-state index is -0.344. The van der Waals surface area contributed by atoms with Gasteiger partial charge in [0, 0.05) is 17.8 Å². The van der Waals surface area contributed by atoms with Gasteiger partial charge in [0.2, 0.25) is 0 Å². The molecule has 1 aliphatic heterocycles. The number of para-hydroxylation sites is 1. The molecule has 24 heavy (non-hydrogen) atoms. The normalized spacial score (nSPS) is 19.8. The van der Waals surface area contributed by atoms with Crippen LogP contribution in [-0.4, -0.2) is 44.9 Å². The average Bonchev–Trinajstić information content (AvgIpc) is 3.30. The van der Waals surface area contributed by atoms with Crippen molar-refractivity contribution >= 4 is 5.91 Å². The van der Waals surface area contributed by atoms with Gasteiger partial charge in [-0.1, -0.05) is 12.1 Å². The predicted octanol–water partition coefficient (Wildman–Crippen LogP) is 2.10. The van der Waals surface area contributed by atoms with Crippen LogP contribution in [0, 0.1) is 5.82 Å². The molecular weight excluding hydrogens is 309 g/mol. The zero-order valence-corrected chi connectivity index (χ0v) is 13.4. The fourth-order valence-electron chi connectivity index (χ4n) is 3.86. The highest BCUT2D eigenvalue weighted by Gasteiger charge is 2.34. The van der Waals surface area contributed by atoms with Gasteiger partial charge in [0.25, 0.3) is 5.91 Å². The van der Waals surface area contributed by atoms with Crippen molar-refractivity contribution in [1.29, 1.82) is 0 Å². The van der Waals surface area contributed by atoms with E-state index in [0.29, 0.717) is 17.9 Å². The zero-order valence-electron chi connectivity index (χ0n) is 13.4. The Kier molecular flexibility index (Phi) is 3.84. The number of rotatable bonds is 3. The second kappa shape index (κ2) is 6.02. The Hall–Kier alpha value is -2.21. The summed E-state index contributed by atoms with van der Waals surface area (Å²) in [5.74, 6) is -0.483. The molecule has 1 fully saturated rings. The molecule has 1 aromatic heterocycles. The molecule has 2 aliphatic rings. The first-order valence-electron chi connectivity index (χ1n) is 8.48. The van der Waals surface area contributed by atoms with Crippen molar-refractivity contribution in [2.45, 2.75) is 38.1 Å². The van der Waals surface area contributed by atoms with Crippen LogP contribution in [0.15, 0.2) is 24.3 Å². The Morgan fingerprint density at radius 2 is 2.12 bits per heavy atom. The summed E-state index contributed by atoms with van der Waals surface area (Å²) in [6.45, 7) is 0.618. The quantitative estimate of drug-likeness (QED) is 0.938. The second-order valence-electron chi connectivity index (χ2n) is 6.47. The molecule has 6 heteroatoms. The summed E-state index contributed by atoms with van der Waals surface area (Å²) in [5, 5.41) is 14.0. The summed E-state index contributed by atoms with van der Waals surface area (Å²) in [7, 11) is 0. The van der Waals surface area contributed by atoms with Crippen LogP contribution in [0.25, 0.3) is 5.69 Å². The highest BCUT2D eigenvalue weighted by Crippen LogP contribution is 2.30. The number of nitrogens with zero attached hydrogens (tertiary/aromatic N) is 3. The number of fused-ring (bicyclic) bond motifs is 1. The zero-order chi connectivity index (χ0) is 16.7. The lowest BCUT2D eigenvalue weighted by Crippen LogP contribution is -2.38. The lowest BCUT2D eigenvalue weighted by molar-refractivity contribution is 0.0670. The Balaban J connectivity index is 1.77. The van der Waals surface area contributed by atoms with Crippen LogP contribution in [0.1, 0.15) is 41.0 Å². The number of benzene rings is 1. The third kappa shape index (κ3) is 2.33. The van der Waals surface area contributed by atoms with Crippen molar-refractivity contribution in [3.63, 3.8) is 0 Å². The van der Waals surface area contributed by atoms with Gasteiger partial charge < -0.3 is 10.0 Å². The standard InChI is InChI=1S/C18H20FN3O2/c19-14-7-1-2-8-16(14)22-15-9-3-6-13(15)17(20-22)18(24)21-10-4-5-12(21)11-23/h1-2,7-8,12,23H,3-6,9-11H2/t12-/m1/s1. The van der Waals surface area contributed by atoms with Gasteiger partial charge in [-0.2, -0.15) is 5.10 Å². The van der Waals surface area contributed by atoms with Gasteiger partial charge in [-0.05, 0) is 44.2 Å². The first-order valence-corrected chi connectivity index (χ1v) is 8.48. The molecule has 1 aliphatic carbocycles. The van der Waals surface area contributed by atoms with E-state index >= 15 is 0 Å². The molecule has 1 N–H and O–H groups in total. The Morgan fingerprint density at radius 1 is 1.29 bits per heavy atom. The van der Waals surface area contributed by atoms with E-state index < -0.39 is 0 Å². The number of aliphatic hydroxyl groups is 1. The van der Waals surface area contributed by atoms with Crippen molar-refractivity contribution in [3.05, 3.63) is 47.0 Å². The molecule has 126 valence electrons. The van der Waals surface area contributed by atoms with Crippen molar-refractivity contribution < 1.29 is 14.3 Å². The van der Waals surface area contributed by atoms with E-state index in [9.17, 15) is 14.3 Å². The van der Waals surface area contributed by atoms with Crippen molar-refractivity contribution in [2.24, 2.45) is 0 Å². The van der Waals surface area contributed by atoms with E-state index in [2.05, 4.69) is 5.10 Å². The number of carbonyl (C=O) groups is 1. The Labute approximate surface area is 139 Å². The molecule has 0 saturated carbocycles. The van der Waals surface area contributed by atoms with Crippen molar-refractivity contribution in [1.82, 2.24) is 14.7 Å². The summed E-state index contributed by atoms with van der Waals surface area (Å²) >= 11 is 0. The summed E-state index contributed by atoms with van der Waals surface area (Å²) in [6.07, 6.45) is 4.26. The maximum Gasteiger partial charge on any atom is 0.274 e. The molecule has 2 heterocycles. The number of carbonyl (C=O) groups excluding carboxylic acids is 1. The summed E-state index contributed by atoms with van der Waals surface area (Å²) < 4.78 is 15.8. The minimum absolute atomic E-state index is 0.0258. The maximum atomic E-state index is 14.2. The summed E-state index contributed by atoms with van der Waals surface area (Å²) in [4.78, 5) is 14.7. The van der Waals surface area contributed by atoms with Crippen LogP contribution >= 0.6 is 0 Å². The largest absolute Gasteiger partial charge is 0.394 e. The molecular formula is C18H20FN3O2. The van der Waals surface area contributed by atoms with E-state index in [-0.39, 0.29) is 24.4 Å². The van der Waals surface area contributed by atoms with Gasteiger partial charge in [0.05, 0.1) is 12.6 Å². The van der Waals surface area contributed by atoms with Gasteiger partial charge in [0.15, 0.2) is 5.69 Å². The Bertz CT molecular complexity index is 787. The summed E-state index contributed by atoms with van der Waals surface area (Å²) in [6, 6.07) is 6.37. The lowest BCUT2D eigenvalue weighted by atomic mass is 10.1. The number of halogens is 1. The number of likely N-dealkylation sites (tertiary alicyclic amines) is 1. The Morgan fingerprint density at radius 3 is 2.92 bits per heavy atom. The monoisotopic (exact) mass is 329 g/mol. The van der Waals surface area contributed by atoms with Gasteiger partial charge in [-0.25, -0.2) is 9.07 Å². The number of hydrogen-bond acceptors (Lipinski definition) is 3. The van der Waals surface area contributed by atoms with Crippen LogP contribution in [-0.2, 0) is 12.8 Å². The minimum Gasteiger partial charge on any atom is -0.394 e. The molecule has 1 aromatic carbocycles. The first kappa shape index (κ1) is 15.3. The van der Waals surface area contributed by atoms with Crippen LogP contribution in [0.2, 0.25) is 0 Å². The molecule has 1 atom stereocenters. The topological polar surface area (TPSA) is 58.4 Å². The van der Waals surface area contributed by atoms with Gasteiger partial charge >= 0.3 is 0 Å². The number of aromatic nitrogens is 2. The number of aliphatic hydroxyl groups excluding tert-OH is 1. The third-order valence-corrected chi connectivity index (χ3v) is 5.06. The molecule has 1 saturated heterocycles. The second-order valence-corrected chi connectivity index (χ2v) is 6.47. The fourth-order valence-corrected chi connectivity index (χ4v) is 3.86. The van der Waals surface area contributed by atoms with E-state index in [0.717, 1.165) is 43.4 Å². The van der Waals surface area contributed by atoms with E-state index in [1.165, 1.54) is 6.07 Å².